The summed E-state index contributed by atoms with van der Waals surface area (Å²) in [6.07, 6.45) is 0. The van der Waals surface area contributed by atoms with Gasteiger partial charge in [-0.1, -0.05) is 30.3 Å². The van der Waals surface area contributed by atoms with E-state index in [2.05, 4.69) is 10.3 Å². The van der Waals surface area contributed by atoms with Crippen molar-refractivity contribution in [2.75, 3.05) is 18.5 Å². The van der Waals surface area contributed by atoms with Gasteiger partial charge in [-0.25, -0.2) is 4.98 Å². The van der Waals surface area contributed by atoms with Crippen LogP contribution in [0, 0.1) is 17.0 Å². The Kier molecular flexibility index (Phi) is 4.84. The van der Waals surface area contributed by atoms with Crippen LogP contribution in [-0.2, 0) is 0 Å². The first-order valence-corrected chi connectivity index (χ1v) is 6.63. The fourth-order valence-corrected chi connectivity index (χ4v) is 2.09. The maximum atomic E-state index is 10.7. The summed E-state index contributed by atoms with van der Waals surface area (Å²) in [5.41, 5.74) is 1.40. The molecule has 0 spiro atoms. The van der Waals surface area contributed by atoms with Gasteiger partial charge in [0.15, 0.2) is 0 Å². The van der Waals surface area contributed by atoms with Crippen molar-refractivity contribution in [3.63, 3.8) is 0 Å². The van der Waals surface area contributed by atoms with Gasteiger partial charge >= 0.3 is 0 Å². The minimum atomic E-state index is -0.452. The van der Waals surface area contributed by atoms with E-state index in [0.717, 1.165) is 5.56 Å². The molecule has 6 heteroatoms. The van der Waals surface area contributed by atoms with Crippen LogP contribution in [0.1, 0.15) is 17.2 Å². The molecule has 2 rings (SSSR count). The molecule has 0 saturated carbocycles. The Morgan fingerprint density at radius 3 is 2.57 bits per heavy atom. The Balaban J connectivity index is 2.05. The van der Waals surface area contributed by atoms with Crippen LogP contribution in [-0.4, -0.2) is 28.2 Å². The topological polar surface area (TPSA) is 88.3 Å². The predicted octanol–water partition coefficient (Wildman–Crippen LogP) is 2.49. The average molecular weight is 287 g/mol. The van der Waals surface area contributed by atoms with Crippen LogP contribution in [0.15, 0.2) is 42.5 Å². The molecule has 0 aliphatic carbocycles. The molecule has 0 fully saturated rings. The summed E-state index contributed by atoms with van der Waals surface area (Å²) >= 11 is 0. The van der Waals surface area contributed by atoms with E-state index in [1.165, 1.54) is 6.07 Å². The Hall–Kier alpha value is -2.47. The van der Waals surface area contributed by atoms with E-state index in [9.17, 15) is 15.2 Å². The number of benzene rings is 1. The molecule has 0 aliphatic rings. The first kappa shape index (κ1) is 14.9. The number of anilines is 1. The molecule has 2 aromatic rings. The van der Waals surface area contributed by atoms with Gasteiger partial charge in [0.1, 0.15) is 11.5 Å². The van der Waals surface area contributed by atoms with E-state index in [0.29, 0.717) is 18.1 Å². The first-order chi connectivity index (χ1) is 10.1. The molecule has 110 valence electrons. The van der Waals surface area contributed by atoms with Gasteiger partial charge in [0, 0.05) is 18.5 Å². The van der Waals surface area contributed by atoms with Crippen molar-refractivity contribution in [3.05, 3.63) is 63.8 Å². The van der Waals surface area contributed by atoms with E-state index in [1.54, 1.807) is 13.0 Å². The number of nitrogens with one attached hydrogen (secondary N) is 1. The zero-order valence-electron chi connectivity index (χ0n) is 11.7. The van der Waals surface area contributed by atoms with Crippen molar-refractivity contribution < 1.29 is 10.0 Å². The number of aliphatic hydroxyl groups is 1. The molecular weight excluding hydrogens is 270 g/mol. The molecule has 1 aromatic heterocycles. The summed E-state index contributed by atoms with van der Waals surface area (Å²) in [4.78, 5) is 14.5. The lowest BCUT2D eigenvalue weighted by Crippen LogP contribution is -2.17. The van der Waals surface area contributed by atoms with Gasteiger partial charge in [0.2, 0.25) is 0 Å². The van der Waals surface area contributed by atoms with Gasteiger partial charge < -0.3 is 10.4 Å². The van der Waals surface area contributed by atoms with Gasteiger partial charge in [-0.3, -0.25) is 10.1 Å². The van der Waals surface area contributed by atoms with Crippen LogP contribution in [0.3, 0.4) is 0 Å². The average Bonchev–Trinajstić information content (AvgIpc) is 2.48. The van der Waals surface area contributed by atoms with Crippen LogP contribution in [0.4, 0.5) is 11.5 Å². The lowest BCUT2D eigenvalue weighted by molar-refractivity contribution is -0.385. The third-order valence-electron chi connectivity index (χ3n) is 3.28. The quantitative estimate of drug-likeness (QED) is 0.629. The van der Waals surface area contributed by atoms with E-state index in [-0.39, 0.29) is 18.2 Å². The minimum absolute atomic E-state index is 0.00215. The molecule has 0 amide bonds. The monoisotopic (exact) mass is 287 g/mol. The van der Waals surface area contributed by atoms with Gasteiger partial charge in [-0.15, -0.1) is 0 Å². The highest BCUT2D eigenvalue weighted by atomic mass is 16.6. The summed E-state index contributed by atoms with van der Waals surface area (Å²) in [5, 5.41) is 23.3. The number of rotatable bonds is 6. The number of aryl methyl sites for hydroxylation is 1. The zero-order valence-corrected chi connectivity index (χ0v) is 11.7. The molecule has 21 heavy (non-hydrogen) atoms. The van der Waals surface area contributed by atoms with Gasteiger partial charge in [-0.2, -0.15) is 0 Å². The molecule has 1 heterocycles. The lowest BCUT2D eigenvalue weighted by atomic mass is 10.0. The van der Waals surface area contributed by atoms with Crippen molar-refractivity contribution in [3.8, 4) is 0 Å². The standard InChI is InChI=1S/C15H17N3O3/c1-11-14(18(20)21)7-8-15(17-11)16-9-13(10-19)12-5-3-2-4-6-12/h2-8,13,19H,9-10H2,1H3,(H,16,17)/t13-/m0/s1. The number of nitro groups is 1. The van der Waals surface area contributed by atoms with Crippen molar-refractivity contribution >= 4 is 11.5 Å². The number of hydrogen-bond donors (Lipinski definition) is 2. The molecule has 0 radical (unpaired) electrons. The first-order valence-electron chi connectivity index (χ1n) is 6.63. The highest BCUT2D eigenvalue weighted by molar-refractivity contribution is 5.45. The summed E-state index contributed by atoms with van der Waals surface area (Å²) in [6.45, 7) is 2.12. The molecule has 2 N–H and O–H groups in total. The third-order valence-corrected chi connectivity index (χ3v) is 3.28. The predicted molar refractivity (Wildman–Crippen MR) is 80.4 cm³/mol. The zero-order chi connectivity index (χ0) is 15.2. The number of pyridine rings is 1. The van der Waals surface area contributed by atoms with Crippen molar-refractivity contribution in [2.24, 2.45) is 0 Å². The third kappa shape index (κ3) is 3.76. The molecular formula is C15H17N3O3. The van der Waals surface area contributed by atoms with Crippen LogP contribution in [0.5, 0.6) is 0 Å². The fraction of sp³-hybridized carbons (Fsp3) is 0.267. The van der Waals surface area contributed by atoms with Crippen LogP contribution in [0.2, 0.25) is 0 Å². The highest BCUT2D eigenvalue weighted by Gasteiger charge is 2.13. The van der Waals surface area contributed by atoms with E-state index < -0.39 is 4.92 Å². The number of nitrogens with zero attached hydrogens (tertiary/aromatic N) is 2. The lowest BCUT2D eigenvalue weighted by Gasteiger charge is -2.16. The molecule has 0 bridgehead atoms. The second-order valence-electron chi connectivity index (χ2n) is 4.73. The molecule has 6 nitrogen and oxygen atoms in total. The van der Waals surface area contributed by atoms with E-state index in [1.807, 2.05) is 30.3 Å². The summed E-state index contributed by atoms with van der Waals surface area (Å²) in [7, 11) is 0. The smallest absolute Gasteiger partial charge is 0.290 e. The fourth-order valence-electron chi connectivity index (χ4n) is 2.09. The summed E-state index contributed by atoms with van der Waals surface area (Å²) in [6, 6.07) is 12.7. The van der Waals surface area contributed by atoms with E-state index in [4.69, 9.17) is 0 Å². The highest BCUT2D eigenvalue weighted by Crippen LogP contribution is 2.19. The largest absolute Gasteiger partial charge is 0.396 e. The number of aromatic nitrogens is 1. The van der Waals surface area contributed by atoms with Gasteiger partial charge in [-0.05, 0) is 18.6 Å². The normalized spacial score (nSPS) is 11.9. The second-order valence-corrected chi connectivity index (χ2v) is 4.73. The van der Waals surface area contributed by atoms with Gasteiger partial charge in [0.05, 0.1) is 11.5 Å². The second kappa shape index (κ2) is 6.81. The Morgan fingerprint density at radius 1 is 1.29 bits per heavy atom. The maximum absolute atomic E-state index is 10.7. The Labute approximate surface area is 122 Å². The molecule has 0 unspecified atom stereocenters. The molecule has 0 aliphatic heterocycles. The van der Waals surface area contributed by atoms with Gasteiger partial charge in [0.25, 0.3) is 5.69 Å². The number of hydrogen-bond acceptors (Lipinski definition) is 5. The Bertz CT molecular complexity index is 617. The van der Waals surface area contributed by atoms with Crippen LogP contribution >= 0.6 is 0 Å². The van der Waals surface area contributed by atoms with Crippen LogP contribution < -0.4 is 5.32 Å². The maximum Gasteiger partial charge on any atom is 0.290 e. The van der Waals surface area contributed by atoms with E-state index >= 15 is 0 Å². The minimum Gasteiger partial charge on any atom is -0.396 e. The molecule has 1 atom stereocenters. The van der Waals surface area contributed by atoms with Crippen LogP contribution in [0.25, 0.3) is 0 Å². The Morgan fingerprint density at radius 2 is 2.00 bits per heavy atom. The number of aliphatic hydroxyl groups excluding tert-OH is 1. The summed E-state index contributed by atoms with van der Waals surface area (Å²) in [5.74, 6) is 0.510. The van der Waals surface area contributed by atoms with Crippen molar-refractivity contribution in [2.45, 2.75) is 12.8 Å². The SMILES string of the molecule is Cc1nc(NC[C@@H](CO)c2ccccc2)ccc1[N+](=O)[O-]. The molecule has 1 aromatic carbocycles. The van der Waals surface area contributed by atoms with Crippen molar-refractivity contribution in [1.29, 1.82) is 0 Å². The van der Waals surface area contributed by atoms with Crippen molar-refractivity contribution in [1.82, 2.24) is 4.98 Å². The summed E-state index contributed by atoms with van der Waals surface area (Å²) < 4.78 is 0. The molecule has 0 saturated heterocycles.